The van der Waals surface area contributed by atoms with E-state index in [1.54, 1.807) is 0 Å². The average molecular weight is 405 g/mol. The Morgan fingerprint density at radius 2 is 2.07 bits per heavy atom. The van der Waals surface area contributed by atoms with E-state index >= 15 is 0 Å². The molecule has 1 atom stereocenters. The summed E-state index contributed by atoms with van der Waals surface area (Å²) >= 11 is 0. The molecular weight excluding hydrogens is 364 g/mol. The predicted octanol–water partition coefficient (Wildman–Crippen LogP) is 6.74. The minimum absolute atomic E-state index is 0.134. The van der Waals surface area contributed by atoms with Crippen molar-refractivity contribution in [1.29, 1.82) is 0 Å². The van der Waals surface area contributed by atoms with E-state index in [4.69, 9.17) is 0 Å². The lowest BCUT2D eigenvalue weighted by molar-refractivity contribution is 0.245. The minimum Gasteiger partial charge on any atom is -0.368 e. The second-order valence-electron chi connectivity index (χ2n) is 9.97. The summed E-state index contributed by atoms with van der Waals surface area (Å²) in [6, 6.07) is 9.20. The van der Waals surface area contributed by atoms with E-state index in [0.717, 1.165) is 31.9 Å². The Kier molecular flexibility index (Phi) is 7.28. The van der Waals surface area contributed by atoms with Crippen LogP contribution in [0.15, 0.2) is 72.1 Å². The average Bonchev–Trinajstić information content (AvgIpc) is 2.74. The molecule has 0 saturated carbocycles. The summed E-state index contributed by atoms with van der Waals surface area (Å²) in [6.07, 6.45) is 10.3. The molecule has 0 radical (unpaired) electrons. The molecule has 0 spiro atoms. The fourth-order valence-electron chi connectivity index (χ4n) is 4.56. The topological polar surface area (TPSA) is 15.3 Å². The standard InChI is InChI=1S/C28H40N2/c1-7-28(5,6)18-24-10-8-11-26(17-24)27-12-9-15-30(20-27)23(4)29-19-25-14-13-21(2)22(3)16-25/h7-8,10-11,16-17,27,29H,1,4,9,12-15,18-20H2,2-3,5-6H3. The third-order valence-corrected chi connectivity index (χ3v) is 6.87. The third-order valence-electron chi connectivity index (χ3n) is 6.87. The van der Waals surface area contributed by atoms with Crippen molar-refractivity contribution in [2.24, 2.45) is 5.41 Å². The van der Waals surface area contributed by atoms with Crippen LogP contribution in [-0.2, 0) is 6.42 Å². The van der Waals surface area contributed by atoms with Crippen LogP contribution in [0.25, 0.3) is 0 Å². The van der Waals surface area contributed by atoms with Crippen molar-refractivity contribution in [3.63, 3.8) is 0 Å². The third kappa shape index (κ3) is 5.90. The fraction of sp³-hybridized carbons (Fsp3) is 0.500. The zero-order valence-electron chi connectivity index (χ0n) is 19.6. The zero-order valence-corrected chi connectivity index (χ0v) is 19.6. The quantitative estimate of drug-likeness (QED) is 0.483. The van der Waals surface area contributed by atoms with Crippen molar-refractivity contribution >= 4 is 0 Å². The molecule has 1 saturated heterocycles. The van der Waals surface area contributed by atoms with Gasteiger partial charge < -0.3 is 10.2 Å². The number of nitrogens with one attached hydrogen (secondary N) is 1. The molecule has 3 rings (SSSR count). The number of likely N-dealkylation sites (tertiary alicyclic amines) is 1. The molecule has 0 bridgehead atoms. The molecule has 1 fully saturated rings. The summed E-state index contributed by atoms with van der Waals surface area (Å²) < 4.78 is 0. The summed E-state index contributed by atoms with van der Waals surface area (Å²) in [5.74, 6) is 1.65. The molecule has 0 amide bonds. The number of hydrogen-bond acceptors (Lipinski definition) is 2. The first-order chi connectivity index (χ1) is 14.3. The van der Waals surface area contributed by atoms with Crippen LogP contribution in [-0.4, -0.2) is 24.5 Å². The van der Waals surface area contributed by atoms with Gasteiger partial charge in [-0.1, -0.05) is 73.6 Å². The van der Waals surface area contributed by atoms with Gasteiger partial charge in [-0.05, 0) is 62.5 Å². The molecule has 1 aromatic rings. The van der Waals surface area contributed by atoms with Gasteiger partial charge in [-0.3, -0.25) is 0 Å². The second kappa shape index (κ2) is 9.73. The summed E-state index contributed by atoms with van der Waals surface area (Å²) in [5, 5.41) is 3.61. The van der Waals surface area contributed by atoms with Gasteiger partial charge >= 0.3 is 0 Å². The lowest BCUT2D eigenvalue weighted by Gasteiger charge is -2.36. The monoisotopic (exact) mass is 404 g/mol. The number of benzene rings is 1. The van der Waals surface area contributed by atoms with E-state index in [-0.39, 0.29) is 5.41 Å². The molecule has 30 heavy (non-hydrogen) atoms. The van der Waals surface area contributed by atoms with Crippen molar-refractivity contribution < 1.29 is 0 Å². The highest BCUT2D eigenvalue weighted by molar-refractivity contribution is 5.32. The Labute approximate surface area is 184 Å². The van der Waals surface area contributed by atoms with E-state index in [1.165, 1.54) is 53.5 Å². The van der Waals surface area contributed by atoms with Gasteiger partial charge in [0.2, 0.25) is 0 Å². The first kappa shape index (κ1) is 22.5. The number of nitrogens with zero attached hydrogens (tertiary/aromatic N) is 1. The Morgan fingerprint density at radius 3 is 2.80 bits per heavy atom. The van der Waals surface area contributed by atoms with Crippen LogP contribution in [0.1, 0.15) is 70.4 Å². The summed E-state index contributed by atoms with van der Waals surface area (Å²) in [4.78, 5) is 2.45. The van der Waals surface area contributed by atoms with E-state index in [1.807, 2.05) is 0 Å². The van der Waals surface area contributed by atoms with Crippen LogP contribution in [0.5, 0.6) is 0 Å². The first-order valence-electron chi connectivity index (χ1n) is 11.5. The van der Waals surface area contributed by atoms with Crippen LogP contribution in [0.2, 0.25) is 0 Å². The normalized spacial score (nSPS) is 20.1. The van der Waals surface area contributed by atoms with Crippen molar-refractivity contribution in [2.45, 2.75) is 65.7 Å². The van der Waals surface area contributed by atoms with Gasteiger partial charge in [-0.25, -0.2) is 0 Å². The van der Waals surface area contributed by atoms with Crippen LogP contribution in [0.3, 0.4) is 0 Å². The van der Waals surface area contributed by atoms with Crippen molar-refractivity contribution in [3.8, 4) is 0 Å². The largest absolute Gasteiger partial charge is 0.368 e. The van der Waals surface area contributed by atoms with Crippen LogP contribution >= 0.6 is 0 Å². The van der Waals surface area contributed by atoms with Gasteiger partial charge in [-0.2, -0.15) is 0 Å². The van der Waals surface area contributed by atoms with Crippen LogP contribution < -0.4 is 5.32 Å². The predicted molar refractivity (Wildman–Crippen MR) is 131 cm³/mol. The first-order valence-corrected chi connectivity index (χ1v) is 11.5. The van der Waals surface area contributed by atoms with Crippen molar-refractivity contribution in [2.75, 3.05) is 19.6 Å². The van der Waals surface area contributed by atoms with Crippen molar-refractivity contribution in [1.82, 2.24) is 10.2 Å². The number of hydrogen-bond donors (Lipinski definition) is 1. The van der Waals surface area contributed by atoms with E-state index in [0.29, 0.717) is 5.92 Å². The van der Waals surface area contributed by atoms with E-state index in [2.05, 4.69) is 87.5 Å². The van der Waals surface area contributed by atoms with E-state index in [9.17, 15) is 0 Å². The van der Waals surface area contributed by atoms with E-state index < -0.39 is 0 Å². The number of rotatable bonds is 8. The molecule has 1 heterocycles. The van der Waals surface area contributed by atoms with Crippen molar-refractivity contribution in [3.05, 3.63) is 83.2 Å². The highest BCUT2D eigenvalue weighted by Gasteiger charge is 2.23. The smallest absolute Gasteiger partial charge is 0.0941 e. The summed E-state index contributed by atoms with van der Waals surface area (Å²) in [7, 11) is 0. The highest BCUT2D eigenvalue weighted by atomic mass is 15.2. The second-order valence-corrected chi connectivity index (χ2v) is 9.97. The molecule has 1 aromatic carbocycles. The molecular formula is C28H40N2. The maximum absolute atomic E-state index is 4.37. The molecule has 2 heteroatoms. The SMILES string of the molecule is C=CC(C)(C)Cc1cccc(C2CCCN(C(=C)NCC3=CC(C)=C(C)CC3)C2)c1. The maximum Gasteiger partial charge on any atom is 0.0941 e. The van der Waals surface area contributed by atoms with Gasteiger partial charge in [0.25, 0.3) is 0 Å². The summed E-state index contributed by atoms with van der Waals surface area (Å²) in [6.45, 7) is 20.4. The fourth-order valence-corrected chi connectivity index (χ4v) is 4.56. The molecule has 1 unspecified atom stereocenters. The Bertz CT molecular complexity index is 840. The Morgan fingerprint density at radius 1 is 1.27 bits per heavy atom. The molecule has 2 aliphatic rings. The lowest BCUT2D eigenvalue weighted by Crippen LogP contribution is -2.38. The van der Waals surface area contributed by atoms with Gasteiger partial charge in [0.15, 0.2) is 0 Å². The molecule has 162 valence electrons. The van der Waals surface area contributed by atoms with Gasteiger partial charge in [0.05, 0.1) is 5.82 Å². The maximum atomic E-state index is 4.37. The van der Waals surface area contributed by atoms with Gasteiger partial charge in [0, 0.05) is 25.6 Å². The minimum atomic E-state index is 0.134. The van der Waals surface area contributed by atoms with Gasteiger partial charge in [-0.15, -0.1) is 6.58 Å². The lowest BCUT2D eigenvalue weighted by atomic mass is 9.83. The summed E-state index contributed by atoms with van der Waals surface area (Å²) in [5.41, 5.74) is 7.46. The molecule has 0 aromatic heterocycles. The number of piperidine rings is 1. The molecule has 1 aliphatic heterocycles. The molecule has 1 aliphatic carbocycles. The highest BCUT2D eigenvalue weighted by Crippen LogP contribution is 2.31. The molecule has 1 N–H and O–H groups in total. The zero-order chi connectivity index (χ0) is 21.7. The van der Waals surface area contributed by atoms with Gasteiger partial charge in [0.1, 0.15) is 0 Å². The molecule has 2 nitrogen and oxygen atoms in total. The Hall–Kier alpha value is -2.22. The number of allylic oxidation sites excluding steroid dienone is 4. The van der Waals surface area contributed by atoms with Crippen LogP contribution in [0.4, 0.5) is 0 Å². The Balaban J connectivity index is 1.59. The van der Waals surface area contributed by atoms with Crippen LogP contribution in [0, 0.1) is 5.41 Å².